The van der Waals surface area contributed by atoms with Crippen LogP contribution in [0.5, 0.6) is 0 Å². The summed E-state index contributed by atoms with van der Waals surface area (Å²) in [6.07, 6.45) is 9.32. The van der Waals surface area contributed by atoms with Gasteiger partial charge >= 0.3 is 0 Å². The maximum Gasteiger partial charge on any atom is 0.293 e. The molecule has 4 bridgehead atoms. The molecule has 6 aliphatic rings. The quantitative estimate of drug-likeness (QED) is 0.103. The SMILES string of the molecule is C[C@H](CC(Sc1ccccc1)N1CCOCC1)Nc1ccc(S(=O)(=O)NC(=O)c2ccc(N3CCN(CC45CC6CC(CC(C6)C4)C5)CC3)cc2)cc1[N+](=O)[O-]. The maximum atomic E-state index is 13.4. The average Bonchev–Trinajstić information content (AvgIpc) is 3.18. The Hall–Kier alpha value is -3.69. The summed E-state index contributed by atoms with van der Waals surface area (Å²) in [4.78, 5) is 32.9. The van der Waals surface area contributed by atoms with E-state index in [-0.39, 0.29) is 33.2 Å². The first-order chi connectivity index (χ1) is 27.0. The van der Waals surface area contributed by atoms with Crippen molar-refractivity contribution in [3.63, 3.8) is 0 Å². The number of nitrogens with one attached hydrogen (secondary N) is 2. The Labute approximate surface area is 334 Å². The molecule has 9 rings (SSSR count). The number of hydrogen-bond acceptors (Lipinski definition) is 11. The van der Waals surface area contributed by atoms with Crippen molar-refractivity contribution in [2.45, 2.75) is 73.1 Å². The molecule has 6 fully saturated rings. The third-order valence-corrected chi connectivity index (χ3v) is 15.4. The van der Waals surface area contributed by atoms with E-state index in [1.807, 2.05) is 37.3 Å². The third-order valence-electron chi connectivity index (χ3n) is 12.7. The van der Waals surface area contributed by atoms with Crippen molar-refractivity contribution < 1.29 is 22.9 Å². The van der Waals surface area contributed by atoms with Crippen molar-refractivity contribution >= 4 is 44.8 Å². The Morgan fingerprint density at radius 1 is 0.911 bits per heavy atom. The summed E-state index contributed by atoms with van der Waals surface area (Å²) in [5.41, 5.74) is 1.56. The van der Waals surface area contributed by atoms with E-state index in [0.717, 1.165) is 73.7 Å². The number of morpholine rings is 1. The molecule has 2 N–H and O–H groups in total. The Bertz CT molecular complexity index is 1930. The van der Waals surface area contributed by atoms with Crippen LogP contribution in [-0.4, -0.2) is 99.5 Å². The van der Waals surface area contributed by atoms with Crippen LogP contribution >= 0.6 is 11.8 Å². The predicted molar refractivity (Wildman–Crippen MR) is 220 cm³/mol. The van der Waals surface area contributed by atoms with Crippen LogP contribution in [0.4, 0.5) is 17.1 Å². The van der Waals surface area contributed by atoms with E-state index in [0.29, 0.717) is 25.0 Å². The Morgan fingerprint density at radius 3 is 2.18 bits per heavy atom. The highest BCUT2D eigenvalue weighted by molar-refractivity contribution is 7.99. The molecule has 14 heteroatoms. The number of hydrogen-bond donors (Lipinski definition) is 2. The van der Waals surface area contributed by atoms with Gasteiger partial charge in [0.15, 0.2) is 0 Å². The summed E-state index contributed by atoms with van der Waals surface area (Å²) < 4.78 is 34.5. The van der Waals surface area contributed by atoms with Crippen molar-refractivity contribution in [2.24, 2.45) is 23.2 Å². The van der Waals surface area contributed by atoms with E-state index in [1.165, 1.54) is 57.2 Å². The molecule has 4 aliphatic carbocycles. The first-order valence-electron chi connectivity index (χ1n) is 20.2. The molecule has 0 spiro atoms. The van der Waals surface area contributed by atoms with Gasteiger partial charge < -0.3 is 15.0 Å². The number of benzene rings is 3. The number of nitro benzene ring substituents is 1. The highest BCUT2D eigenvalue weighted by Gasteiger charge is 2.51. The normalized spacial score (nSPS) is 26.4. The number of piperazine rings is 1. The number of nitro groups is 1. The lowest BCUT2D eigenvalue weighted by molar-refractivity contribution is -0.384. The van der Waals surface area contributed by atoms with Crippen LogP contribution in [0.25, 0.3) is 0 Å². The molecule has 2 aliphatic heterocycles. The summed E-state index contributed by atoms with van der Waals surface area (Å²) in [6, 6.07) is 20.6. The predicted octanol–water partition coefficient (Wildman–Crippen LogP) is 6.69. The molecular formula is C42H54N6O6S2. The minimum absolute atomic E-state index is 0.0952. The van der Waals surface area contributed by atoms with Crippen LogP contribution in [-0.2, 0) is 14.8 Å². The van der Waals surface area contributed by atoms with E-state index in [9.17, 15) is 23.3 Å². The molecule has 4 saturated carbocycles. The second-order valence-corrected chi connectivity index (χ2v) is 19.8. The Balaban J connectivity index is 0.862. The number of carbonyl (C=O) groups is 1. The lowest BCUT2D eigenvalue weighted by Crippen LogP contribution is -2.55. The van der Waals surface area contributed by atoms with Gasteiger partial charge in [-0.05, 0) is 124 Å². The minimum atomic E-state index is -4.40. The lowest BCUT2D eigenvalue weighted by atomic mass is 9.49. The second kappa shape index (κ2) is 16.7. The molecule has 2 saturated heterocycles. The van der Waals surface area contributed by atoms with Crippen LogP contribution in [0.1, 0.15) is 62.2 Å². The molecule has 0 radical (unpaired) electrons. The summed E-state index contributed by atoms with van der Waals surface area (Å²) in [7, 11) is -4.40. The highest BCUT2D eigenvalue weighted by atomic mass is 32.2. The van der Waals surface area contributed by atoms with Crippen LogP contribution in [0.2, 0.25) is 0 Å². The largest absolute Gasteiger partial charge is 0.379 e. The third kappa shape index (κ3) is 9.04. The molecule has 1 unspecified atom stereocenters. The van der Waals surface area contributed by atoms with Crippen molar-refractivity contribution in [3.05, 3.63) is 88.5 Å². The number of rotatable bonds is 14. The topological polar surface area (TPSA) is 137 Å². The maximum absolute atomic E-state index is 13.4. The number of amides is 1. The fourth-order valence-corrected chi connectivity index (χ4v) is 12.9. The smallest absolute Gasteiger partial charge is 0.293 e. The molecule has 3 aromatic rings. The van der Waals surface area contributed by atoms with Crippen molar-refractivity contribution in [1.82, 2.24) is 14.5 Å². The van der Waals surface area contributed by atoms with E-state index in [2.05, 4.69) is 36.9 Å². The van der Waals surface area contributed by atoms with Crippen LogP contribution in [0.15, 0.2) is 82.6 Å². The van der Waals surface area contributed by atoms with Crippen LogP contribution in [0, 0.1) is 33.3 Å². The molecular weight excluding hydrogens is 749 g/mol. The van der Waals surface area contributed by atoms with Gasteiger partial charge in [-0.1, -0.05) is 18.2 Å². The van der Waals surface area contributed by atoms with Gasteiger partial charge in [0.1, 0.15) is 5.69 Å². The average molecular weight is 803 g/mol. The molecule has 12 nitrogen and oxygen atoms in total. The minimum Gasteiger partial charge on any atom is -0.379 e. The molecule has 1 amide bonds. The van der Waals surface area contributed by atoms with E-state index >= 15 is 0 Å². The van der Waals surface area contributed by atoms with Crippen molar-refractivity contribution in [2.75, 3.05) is 69.2 Å². The van der Waals surface area contributed by atoms with Crippen molar-refractivity contribution in [3.8, 4) is 0 Å². The number of anilines is 2. The number of thioether (sulfide) groups is 1. The highest BCUT2D eigenvalue weighted by Crippen LogP contribution is 2.60. The first kappa shape index (κ1) is 39.2. The van der Waals surface area contributed by atoms with Gasteiger partial charge in [0.25, 0.3) is 21.6 Å². The fraction of sp³-hybridized carbons (Fsp3) is 0.548. The number of ether oxygens (including phenoxy) is 1. The van der Waals surface area contributed by atoms with Gasteiger partial charge in [0.05, 0.1) is 28.4 Å². The second-order valence-electron chi connectivity index (χ2n) is 16.9. The monoisotopic (exact) mass is 802 g/mol. The van der Waals surface area contributed by atoms with E-state index in [1.54, 1.807) is 23.9 Å². The molecule has 2 heterocycles. The van der Waals surface area contributed by atoms with E-state index < -0.39 is 20.9 Å². The summed E-state index contributed by atoms with van der Waals surface area (Å²) in [5, 5.41) is 15.6. The van der Waals surface area contributed by atoms with Crippen LogP contribution < -0.4 is 14.9 Å². The number of sulfonamides is 1. The van der Waals surface area contributed by atoms with Gasteiger partial charge in [0, 0.05) is 74.1 Å². The van der Waals surface area contributed by atoms with Gasteiger partial charge in [-0.15, -0.1) is 11.8 Å². The van der Waals surface area contributed by atoms with Gasteiger partial charge in [-0.25, -0.2) is 13.1 Å². The Morgan fingerprint density at radius 2 is 1.55 bits per heavy atom. The zero-order valence-electron chi connectivity index (χ0n) is 32.2. The van der Waals surface area contributed by atoms with Crippen molar-refractivity contribution in [1.29, 1.82) is 0 Å². The summed E-state index contributed by atoms with van der Waals surface area (Å²) in [6.45, 7) is 9.92. The summed E-state index contributed by atoms with van der Waals surface area (Å²) in [5.74, 6) is 2.08. The molecule has 2 atom stereocenters. The van der Waals surface area contributed by atoms with Gasteiger partial charge in [-0.2, -0.15) is 0 Å². The standard InChI is InChI=1S/C42H54N6O6S2/c1-30(21-40(47-17-19-54-20-18-47)55-36-5-3-2-4-6-36)43-38-12-11-37(25-39(38)48(50)51)56(52,53)44-41(49)34-7-9-35(10-8-34)46-15-13-45(14-16-46)29-42-26-31-22-32(27-42)24-33(23-31)28-42/h2-12,25,30-33,40,43H,13-24,26-29H2,1H3,(H,44,49)/t30-,31?,32?,33?,40?,42?/m1/s1. The number of nitrogens with zero attached hydrogens (tertiary/aromatic N) is 4. The Kier molecular flexibility index (Phi) is 11.6. The van der Waals surface area contributed by atoms with Gasteiger partial charge in [-0.3, -0.25) is 24.7 Å². The molecule has 3 aromatic carbocycles. The first-order valence-corrected chi connectivity index (χ1v) is 22.6. The molecule has 0 aromatic heterocycles. The molecule has 56 heavy (non-hydrogen) atoms. The van der Waals surface area contributed by atoms with Gasteiger partial charge in [0.2, 0.25) is 0 Å². The fourth-order valence-electron chi connectivity index (χ4n) is 10.6. The zero-order chi connectivity index (χ0) is 38.9. The van der Waals surface area contributed by atoms with Crippen LogP contribution in [0.3, 0.4) is 0 Å². The number of carbonyl (C=O) groups excluding carboxylic acids is 1. The summed E-state index contributed by atoms with van der Waals surface area (Å²) >= 11 is 1.74. The molecule has 300 valence electrons. The van der Waals surface area contributed by atoms with E-state index in [4.69, 9.17) is 4.74 Å². The zero-order valence-corrected chi connectivity index (χ0v) is 33.8. The lowest BCUT2D eigenvalue weighted by Gasteiger charge is -2.58.